The molecule has 0 heterocycles. The lowest BCUT2D eigenvalue weighted by Crippen LogP contribution is -2.52. The van der Waals surface area contributed by atoms with Crippen LogP contribution >= 0.6 is 0 Å². The molecule has 0 aromatic heterocycles. The third kappa shape index (κ3) is 6.57. The van der Waals surface area contributed by atoms with Crippen molar-refractivity contribution in [2.24, 2.45) is 11.3 Å². The summed E-state index contributed by atoms with van der Waals surface area (Å²) in [6.45, 7) is 10.6. The molecular weight excluding hydrogens is 326 g/mol. The van der Waals surface area contributed by atoms with Crippen molar-refractivity contribution in [1.29, 1.82) is 0 Å². The predicted octanol–water partition coefficient (Wildman–Crippen LogP) is 3.28. The van der Waals surface area contributed by atoms with Gasteiger partial charge in [0.15, 0.2) is 0 Å². The Morgan fingerprint density at radius 3 is 2.04 bits per heavy atom. The van der Waals surface area contributed by atoms with Crippen molar-refractivity contribution in [2.45, 2.75) is 91.3 Å². The van der Waals surface area contributed by atoms with Crippen LogP contribution in [0.4, 0.5) is 0 Å². The van der Waals surface area contributed by atoms with E-state index in [1.54, 1.807) is 0 Å². The third-order valence-electron chi connectivity index (χ3n) is 5.99. The summed E-state index contributed by atoms with van der Waals surface area (Å²) in [6.07, 6.45) is 5.42. The molecule has 1 rings (SSSR count). The molecule has 0 aromatic carbocycles. The molecule has 5 nitrogen and oxygen atoms in total. The Hall–Kier alpha value is -1.10. The van der Waals surface area contributed by atoms with E-state index in [-0.39, 0.29) is 41.3 Å². The molecule has 152 valence electrons. The normalized spacial score (nSPS) is 22.4. The number of hydrogen-bond donors (Lipinski definition) is 1. The van der Waals surface area contributed by atoms with Crippen LogP contribution in [0, 0.1) is 11.3 Å². The van der Waals surface area contributed by atoms with E-state index in [9.17, 15) is 9.59 Å². The van der Waals surface area contributed by atoms with Gasteiger partial charge in [0.25, 0.3) is 0 Å². The van der Waals surface area contributed by atoms with Gasteiger partial charge in [0.05, 0.1) is 6.04 Å². The smallest absolute Gasteiger partial charge is 0.240 e. The largest absolute Gasteiger partial charge is 0.353 e. The molecule has 0 radical (unpaired) electrons. The van der Waals surface area contributed by atoms with Crippen molar-refractivity contribution in [3.63, 3.8) is 0 Å². The van der Waals surface area contributed by atoms with Gasteiger partial charge in [0.2, 0.25) is 11.8 Å². The topological polar surface area (TPSA) is 52.7 Å². The molecule has 1 atom stereocenters. The summed E-state index contributed by atoms with van der Waals surface area (Å²) in [6, 6.07) is 0.460. The summed E-state index contributed by atoms with van der Waals surface area (Å²) in [4.78, 5) is 29.1. The molecule has 1 aliphatic rings. The van der Waals surface area contributed by atoms with Gasteiger partial charge in [-0.2, -0.15) is 0 Å². The molecule has 0 aliphatic heterocycles. The van der Waals surface area contributed by atoms with Crippen LogP contribution in [-0.2, 0) is 9.59 Å². The maximum Gasteiger partial charge on any atom is 0.240 e. The quantitative estimate of drug-likeness (QED) is 0.716. The predicted molar refractivity (Wildman–Crippen MR) is 108 cm³/mol. The SMILES string of the molecule is CCC(C)(C)CC(=O)NC1CCC(N(C)C(=O)[C@H](C(C)C)N(C)C)CC1. The molecule has 0 saturated heterocycles. The van der Waals surface area contributed by atoms with Gasteiger partial charge in [-0.25, -0.2) is 0 Å². The Morgan fingerprint density at radius 2 is 1.62 bits per heavy atom. The van der Waals surface area contributed by atoms with Gasteiger partial charge in [-0.1, -0.05) is 41.0 Å². The minimum absolute atomic E-state index is 0.0615. The molecule has 1 N–H and O–H groups in total. The number of nitrogens with zero attached hydrogens (tertiary/aromatic N) is 2. The minimum atomic E-state index is -0.0753. The van der Waals surface area contributed by atoms with Crippen molar-refractivity contribution in [3.8, 4) is 0 Å². The van der Waals surface area contributed by atoms with Gasteiger partial charge in [-0.3, -0.25) is 14.5 Å². The zero-order chi connectivity index (χ0) is 20.1. The van der Waals surface area contributed by atoms with Crippen LogP contribution in [0.3, 0.4) is 0 Å². The van der Waals surface area contributed by atoms with E-state index in [2.05, 4.69) is 39.9 Å². The van der Waals surface area contributed by atoms with Crippen LogP contribution in [0.25, 0.3) is 0 Å². The summed E-state index contributed by atoms with van der Waals surface area (Å²) < 4.78 is 0. The van der Waals surface area contributed by atoms with Gasteiger partial charge < -0.3 is 10.2 Å². The second-order valence-corrected chi connectivity index (χ2v) is 9.37. The fraction of sp³-hybridized carbons (Fsp3) is 0.905. The Balaban J connectivity index is 2.52. The van der Waals surface area contributed by atoms with Gasteiger partial charge in [0.1, 0.15) is 0 Å². The van der Waals surface area contributed by atoms with E-state index in [0.29, 0.717) is 6.42 Å². The highest BCUT2D eigenvalue weighted by Crippen LogP contribution is 2.27. The molecule has 0 unspecified atom stereocenters. The number of likely N-dealkylation sites (N-methyl/N-ethyl adjacent to an activating group) is 2. The first-order valence-corrected chi connectivity index (χ1v) is 10.2. The number of hydrogen-bond acceptors (Lipinski definition) is 3. The van der Waals surface area contributed by atoms with Crippen molar-refractivity contribution in [3.05, 3.63) is 0 Å². The Labute approximate surface area is 160 Å². The van der Waals surface area contributed by atoms with Gasteiger partial charge in [-0.05, 0) is 51.1 Å². The van der Waals surface area contributed by atoms with Crippen molar-refractivity contribution in [2.75, 3.05) is 21.1 Å². The Morgan fingerprint density at radius 1 is 1.08 bits per heavy atom. The molecule has 0 spiro atoms. The monoisotopic (exact) mass is 367 g/mol. The second-order valence-electron chi connectivity index (χ2n) is 9.37. The van der Waals surface area contributed by atoms with Gasteiger partial charge in [0, 0.05) is 25.6 Å². The molecule has 0 aromatic rings. The number of amides is 2. The lowest BCUT2D eigenvalue weighted by molar-refractivity contribution is -0.139. The maximum absolute atomic E-state index is 12.9. The van der Waals surface area contributed by atoms with Crippen molar-refractivity contribution < 1.29 is 9.59 Å². The van der Waals surface area contributed by atoms with E-state index < -0.39 is 0 Å². The Bertz CT molecular complexity index is 458. The van der Waals surface area contributed by atoms with E-state index in [1.807, 2.05) is 30.9 Å². The van der Waals surface area contributed by atoms with Crippen LogP contribution in [0.5, 0.6) is 0 Å². The van der Waals surface area contributed by atoms with Crippen LogP contribution in [-0.4, -0.2) is 60.9 Å². The fourth-order valence-electron chi connectivity index (χ4n) is 3.94. The molecular formula is C21H41N3O2. The summed E-state index contributed by atoms with van der Waals surface area (Å²) >= 11 is 0. The summed E-state index contributed by atoms with van der Waals surface area (Å²) in [5.74, 6) is 0.664. The number of rotatable bonds is 8. The highest BCUT2D eigenvalue weighted by molar-refractivity contribution is 5.82. The first kappa shape index (κ1) is 22.9. The fourth-order valence-corrected chi connectivity index (χ4v) is 3.94. The highest BCUT2D eigenvalue weighted by Gasteiger charge is 2.33. The molecule has 0 bridgehead atoms. The zero-order valence-electron chi connectivity index (χ0n) is 18.3. The van der Waals surface area contributed by atoms with Gasteiger partial charge in [-0.15, -0.1) is 0 Å². The maximum atomic E-state index is 12.9. The number of carbonyl (C=O) groups is 2. The summed E-state index contributed by atoms with van der Waals surface area (Å²) in [5.41, 5.74) is 0.0615. The lowest BCUT2D eigenvalue weighted by Gasteiger charge is -2.38. The van der Waals surface area contributed by atoms with Gasteiger partial charge >= 0.3 is 0 Å². The average Bonchev–Trinajstić information content (AvgIpc) is 2.53. The lowest BCUT2D eigenvalue weighted by atomic mass is 9.85. The zero-order valence-corrected chi connectivity index (χ0v) is 18.3. The van der Waals surface area contributed by atoms with Crippen molar-refractivity contribution in [1.82, 2.24) is 15.1 Å². The molecule has 2 amide bonds. The van der Waals surface area contributed by atoms with Crippen LogP contribution in [0.1, 0.15) is 73.1 Å². The van der Waals surface area contributed by atoms with Crippen LogP contribution in [0.15, 0.2) is 0 Å². The van der Waals surface area contributed by atoms with E-state index in [4.69, 9.17) is 0 Å². The molecule has 1 saturated carbocycles. The molecule has 1 fully saturated rings. The number of carbonyl (C=O) groups excluding carboxylic acids is 2. The first-order valence-electron chi connectivity index (χ1n) is 10.2. The highest BCUT2D eigenvalue weighted by atomic mass is 16.2. The standard InChI is InChI=1S/C21H41N3O2/c1-9-21(4,5)14-18(25)22-16-10-12-17(13-11-16)24(8)20(26)19(15(2)3)23(6)7/h15-17,19H,9-14H2,1-8H3,(H,22,25)/t16?,17?,19-/m0/s1. The number of nitrogens with one attached hydrogen (secondary N) is 1. The molecule has 5 heteroatoms. The first-order chi connectivity index (χ1) is 12.0. The second kappa shape index (κ2) is 9.72. The van der Waals surface area contributed by atoms with E-state index in [0.717, 1.165) is 32.1 Å². The van der Waals surface area contributed by atoms with Crippen LogP contribution in [0.2, 0.25) is 0 Å². The van der Waals surface area contributed by atoms with Crippen molar-refractivity contribution >= 4 is 11.8 Å². The minimum Gasteiger partial charge on any atom is -0.353 e. The molecule has 1 aliphatic carbocycles. The third-order valence-corrected chi connectivity index (χ3v) is 5.99. The molecule has 26 heavy (non-hydrogen) atoms. The van der Waals surface area contributed by atoms with E-state index >= 15 is 0 Å². The van der Waals surface area contributed by atoms with Crippen LogP contribution < -0.4 is 5.32 Å². The summed E-state index contributed by atoms with van der Waals surface area (Å²) in [7, 11) is 5.88. The Kier molecular flexibility index (Phi) is 8.58. The summed E-state index contributed by atoms with van der Waals surface area (Å²) in [5, 5.41) is 3.21. The average molecular weight is 368 g/mol. The van der Waals surface area contributed by atoms with E-state index in [1.165, 1.54) is 0 Å².